The van der Waals surface area contributed by atoms with Crippen LogP contribution in [0, 0.1) is 0 Å². The molecule has 1 aromatic carbocycles. The third kappa shape index (κ3) is 4.30. The molecule has 142 valence electrons. The Hall–Kier alpha value is -2.82. The second kappa shape index (κ2) is 6.72. The molecule has 0 bridgehead atoms. The van der Waals surface area contributed by atoms with Gasteiger partial charge in [-0.25, -0.2) is 14.6 Å². The van der Waals surface area contributed by atoms with Crippen LogP contribution in [-0.4, -0.2) is 19.7 Å². The van der Waals surface area contributed by atoms with E-state index in [9.17, 15) is 26.3 Å². The molecule has 0 fully saturated rings. The van der Waals surface area contributed by atoms with Crippen LogP contribution in [0.5, 0.6) is 11.9 Å². The van der Waals surface area contributed by atoms with Crippen molar-refractivity contribution in [3.8, 4) is 17.6 Å². The minimum atomic E-state index is -4.80. The summed E-state index contributed by atoms with van der Waals surface area (Å²) in [5.41, 5.74) is -2.34. The number of halogens is 7. The van der Waals surface area contributed by atoms with Gasteiger partial charge in [-0.05, 0) is 24.3 Å². The number of nitrogens with zero attached hydrogens (tertiary/aromatic N) is 4. The largest absolute Gasteiger partial charge is 0.435 e. The molecule has 5 nitrogen and oxygen atoms in total. The van der Waals surface area contributed by atoms with Crippen molar-refractivity contribution in [1.82, 2.24) is 19.7 Å². The van der Waals surface area contributed by atoms with Gasteiger partial charge in [0.15, 0.2) is 5.69 Å². The van der Waals surface area contributed by atoms with Crippen LogP contribution in [0.4, 0.5) is 26.3 Å². The number of alkyl halides is 6. The Balaban J connectivity index is 2.02. The van der Waals surface area contributed by atoms with Gasteiger partial charge in [-0.2, -0.15) is 31.4 Å². The Morgan fingerprint density at radius 3 is 2.00 bits per heavy atom. The topological polar surface area (TPSA) is 52.8 Å². The Kier molecular flexibility index (Phi) is 4.72. The van der Waals surface area contributed by atoms with Crippen LogP contribution < -0.4 is 4.74 Å². The Morgan fingerprint density at radius 1 is 0.889 bits per heavy atom. The van der Waals surface area contributed by atoms with Crippen LogP contribution in [-0.2, 0) is 12.4 Å². The summed E-state index contributed by atoms with van der Waals surface area (Å²) in [6.07, 6.45) is -7.06. The lowest BCUT2D eigenvalue weighted by molar-refractivity contribution is -0.141. The normalized spacial score (nSPS) is 12.3. The summed E-state index contributed by atoms with van der Waals surface area (Å²) in [5, 5.41) is 3.54. The predicted molar refractivity (Wildman–Crippen MR) is 80.7 cm³/mol. The molecule has 0 unspecified atom stereocenters. The third-order valence-corrected chi connectivity index (χ3v) is 3.39. The lowest BCUT2D eigenvalue weighted by Crippen LogP contribution is -2.08. The first-order chi connectivity index (χ1) is 12.5. The van der Waals surface area contributed by atoms with E-state index in [0.717, 1.165) is 24.5 Å². The average Bonchev–Trinajstić information content (AvgIpc) is 3.00. The maximum atomic E-state index is 13.0. The molecule has 0 saturated heterocycles. The van der Waals surface area contributed by atoms with E-state index in [1.807, 2.05) is 0 Å². The van der Waals surface area contributed by atoms with Crippen LogP contribution in [0.25, 0.3) is 5.69 Å². The van der Waals surface area contributed by atoms with E-state index in [1.54, 1.807) is 0 Å². The molecular formula is C15H7ClF6N4O. The molecule has 0 amide bonds. The molecule has 3 aromatic rings. The minimum absolute atomic E-state index is 0.0811. The molecule has 0 aliphatic heterocycles. The Labute approximate surface area is 152 Å². The van der Waals surface area contributed by atoms with Crippen molar-refractivity contribution in [3.05, 3.63) is 59.0 Å². The van der Waals surface area contributed by atoms with Crippen LogP contribution in [0.15, 0.2) is 42.7 Å². The van der Waals surface area contributed by atoms with Gasteiger partial charge in [0, 0.05) is 6.07 Å². The SMILES string of the molecule is FC(F)(F)c1ccc(-n2nc(C(F)(F)F)cc2Oc2ncc(Cl)cn2)cc1. The number of ether oxygens (including phenoxy) is 1. The monoisotopic (exact) mass is 408 g/mol. The summed E-state index contributed by atoms with van der Waals surface area (Å²) in [7, 11) is 0. The molecule has 12 heteroatoms. The zero-order valence-corrected chi connectivity index (χ0v) is 13.6. The molecule has 0 aliphatic carbocycles. The van der Waals surface area contributed by atoms with Crippen molar-refractivity contribution in [2.24, 2.45) is 0 Å². The molecule has 0 N–H and O–H groups in total. The first kappa shape index (κ1) is 19.0. The van der Waals surface area contributed by atoms with E-state index >= 15 is 0 Å². The quantitative estimate of drug-likeness (QED) is 0.563. The number of hydrogen-bond acceptors (Lipinski definition) is 4. The standard InChI is InChI=1S/C15H7ClF6N4O/c16-9-6-23-13(24-7-9)27-12-5-11(15(20,21)22)25-26(12)10-3-1-8(2-4-10)14(17,18)19/h1-7H. The van der Waals surface area contributed by atoms with Gasteiger partial charge in [0.2, 0.25) is 5.88 Å². The van der Waals surface area contributed by atoms with E-state index in [0.29, 0.717) is 22.9 Å². The molecule has 0 radical (unpaired) electrons. The summed E-state index contributed by atoms with van der Waals surface area (Å²) in [5.74, 6) is -0.440. The summed E-state index contributed by atoms with van der Waals surface area (Å²) >= 11 is 5.62. The fourth-order valence-corrected chi connectivity index (χ4v) is 2.10. The average molecular weight is 409 g/mol. The van der Waals surface area contributed by atoms with Crippen molar-refractivity contribution in [2.45, 2.75) is 12.4 Å². The summed E-state index contributed by atoms with van der Waals surface area (Å²) in [6.45, 7) is 0. The summed E-state index contributed by atoms with van der Waals surface area (Å²) < 4.78 is 82.8. The van der Waals surface area contributed by atoms with Gasteiger partial charge >= 0.3 is 18.4 Å². The lowest BCUT2D eigenvalue weighted by Gasteiger charge is -2.10. The van der Waals surface area contributed by atoms with Crippen LogP contribution in [0.2, 0.25) is 5.02 Å². The van der Waals surface area contributed by atoms with E-state index < -0.39 is 29.5 Å². The smallest absolute Gasteiger partial charge is 0.405 e. The number of aromatic nitrogens is 4. The van der Waals surface area contributed by atoms with E-state index in [-0.39, 0.29) is 16.7 Å². The zero-order valence-electron chi connectivity index (χ0n) is 12.9. The molecule has 27 heavy (non-hydrogen) atoms. The van der Waals surface area contributed by atoms with Gasteiger partial charge < -0.3 is 4.74 Å². The molecule has 0 aliphatic rings. The number of hydrogen-bond donors (Lipinski definition) is 0. The first-order valence-electron chi connectivity index (χ1n) is 7.04. The zero-order chi connectivity index (χ0) is 19.8. The molecular weight excluding hydrogens is 402 g/mol. The molecule has 2 aromatic heterocycles. The van der Waals surface area contributed by atoms with E-state index in [4.69, 9.17) is 16.3 Å². The van der Waals surface area contributed by atoms with Gasteiger partial charge in [0.25, 0.3) is 0 Å². The highest BCUT2D eigenvalue weighted by atomic mass is 35.5. The molecule has 2 heterocycles. The van der Waals surface area contributed by atoms with Crippen LogP contribution >= 0.6 is 11.6 Å². The highest BCUT2D eigenvalue weighted by molar-refractivity contribution is 6.30. The number of rotatable bonds is 3. The Morgan fingerprint density at radius 2 is 1.48 bits per heavy atom. The van der Waals surface area contributed by atoms with Gasteiger partial charge in [-0.15, -0.1) is 0 Å². The molecule has 3 rings (SSSR count). The van der Waals surface area contributed by atoms with Crippen molar-refractivity contribution in [3.63, 3.8) is 0 Å². The maximum Gasteiger partial charge on any atom is 0.435 e. The molecule has 0 saturated carbocycles. The second-order valence-electron chi connectivity index (χ2n) is 5.11. The van der Waals surface area contributed by atoms with Gasteiger partial charge in [-0.3, -0.25) is 0 Å². The highest BCUT2D eigenvalue weighted by Crippen LogP contribution is 2.34. The van der Waals surface area contributed by atoms with Crippen molar-refractivity contribution >= 4 is 11.6 Å². The number of benzene rings is 1. The van der Waals surface area contributed by atoms with E-state index in [1.165, 1.54) is 0 Å². The van der Waals surface area contributed by atoms with Crippen LogP contribution in [0.3, 0.4) is 0 Å². The van der Waals surface area contributed by atoms with Gasteiger partial charge in [-0.1, -0.05) is 11.6 Å². The maximum absolute atomic E-state index is 13.0. The minimum Gasteiger partial charge on any atom is -0.405 e. The van der Waals surface area contributed by atoms with E-state index in [2.05, 4.69) is 15.1 Å². The predicted octanol–water partition coefficient (Wildman–Crippen LogP) is 5.15. The fourth-order valence-electron chi connectivity index (χ4n) is 2.00. The van der Waals surface area contributed by atoms with Crippen molar-refractivity contribution < 1.29 is 31.1 Å². The van der Waals surface area contributed by atoms with Crippen LogP contribution in [0.1, 0.15) is 11.3 Å². The van der Waals surface area contributed by atoms with Crippen molar-refractivity contribution in [1.29, 1.82) is 0 Å². The molecule has 0 atom stereocenters. The van der Waals surface area contributed by atoms with Crippen molar-refractivity contribution in [2.75, 3.05) is 0 Å². The Bertz CT molecular complexity index is 935. The van der Waals surface area contributed by atoms with Gasteiger partial charge in [0.1, 0.15) is 0 Å². The summed E-state index contributed by atoms with van der Waals surface area (Å²) in [4.78, 5) is 7.38. The molecule has 0 spiro atoms. The fraction of sp³-hybridized carbons (Fsp3) is 0.133. The third-order valence-electron chi connectivity index (χ3n) is 3.20. The summed E-state index contributed by atoms with van der Waals surface area (Å²) in [6, 6.07) is 3.62. The second-order valence-corrected chi connectivity index (χ2v) is 5.54. The van der Waals surface area contributed by atoms with Gasteiger partial charge in [0.05, 0.1) is 28.7 Å². The lowest BCUT2D eigenvalue weighted by atomic mass is 10.2. The highest BCUT2D eigenvalue weighted by Gasteiger charge is 2.36. The first-order valence-corrected chi connectivity index (χ1v) is 7.42.